The summed E-state index contributed by atoms with van der Waals surface area (Å²) in [6.07, 6.45) is 0. The maximum atomic E-state index is 11.5. The van der Waals surface area contributed by atoms with Crippen molar-refractivity contribution in [1.29, 1.82) is 0 Å². The Morgan fingerprint density at radius 2 is 2.21 bits per heavy atom. The lowest BCUT2D eigenvalue weighted by atomic mass is 10.2. The standard InChI is InChI=1S/C13H22N4OS/c1-10(2)13-15-11(9-12(18)16-13)14-3-4-17-5-7-19-8-6-17/h9-10H,3-8H2,1-2H3,(H2,14,15,16,18). The molecule has 1 aliphatic rings. The lowest BCUT2D eigenvalue weighted by Crippen LogP contribution is -2.36. The second-order valence-electron chi connectivity index (χ2n) is 5.05. The van der Waals surface area contributed by atoms with Gasteiger partial charge in [-0.15, -0.1) is 0 Å². The Bertz CT molecular complexity index is 454. The highest BCUT2D eigenvalue weighted by molar-refractivity contribution is 7.99. The predicted molar refractivity (Wildman–Crippen MR) is 81.2 cm³/mol. The van der Waals surface area contributed by atoms with Crippen LogP contribution in [-0.4, -0.2) is 52.6 Å². The van der Waals surface area contributed by atoms with Crippen molar-refractivity contribution in [2.75, 3.05) is 43.0 Å². The molecular weight excluding hydrogens is 260 g/mol. The summed E-state index contributed by atoms with van der Waals surface area (Å²) >= 11 is 2.02. The van der Waals surface area contributed by atoms with Crippen LogP contribution in [0.2, 0.25) is 0 Å². The first-order chi connectivity index (χ1) is 9.15. The number of nitrogens with one attached hydrogen (secondary N) is 2. The molecule has 0 radical (unpaired) electrons. The van der Waals surface area contributed by atoms with Gasteiger partial charge in [0.25, 0.3) is 5.56 Å². The molecule has 2 rings (SSSR count). The zero-order valence-corrected chi connectivity index (χ0v) is 12.4. The summed E-state index contributed by atoms with van der Waals surface area (Å²) in [6.45, 7) is 8.20. The van der Waals surface area contributed by atoms with Crippen LogP contribution in [-0.2, 0) is 0 Å². The average Bonchev–Trinajstić information content (AvgIpc) is 2.39. The Balaban J connectivity index is 1.86. The molecule has 2 N–H and O–H groups in total. The van der Waals surface area contributed by atoms with Gasteiger partial charge in [0.15, 0.2) is 0 Å². The van der Waals surface area contributed by atoms with Gasteiger partial charge in [-0.3, -0.25) is 9.69 Å². The molecule has 1 saturated heterocycles. The molecule has 0 spiro atoms. The van der Waals surface area contributed by atoms with E-state index in [1.165, 1.54) is 17.6 Å². The highest BCUT2D eigenvalue weighted by atomic mass is 32.2. The van der Waals surface area contributed by atoms with Crippen LogP contribution in [0.15, 0.2) is 10.9 Å². The fourth-order valence-electron chi connectivity index (χ4n) is 2.01. The van der Waals surface area contributed by atoms with Crippen LogP contribution in [0.4, 0.5) is 5.82 Å². The molecule has 106 valence electrons. The van der Waals surface area contributed by atoms with E-state index in [1.807, 2.05) is 25.6 Å². The summed E-state index contributed by atoms with van der Waals surface area (Å²) in [4.78, 5) is 21.2. The van der Waals surface area contributed by atoms with Crippen molar-refractivity contribution in [3.8, 4) is 0 Å². The number of aromatic nitrogens is 2. The molecule has 1 aliphatic heterocycles. The molecule has 0 unspecified atom stereocenters. The van der Waals surface area contributed by atoms with Crippen LogP contribution in [0.1, 0.15) is 25.6 Å². The van der Waals surface area contributed by atoms with Gasteiger partial charge in [-0.05, 0) is 0 Å². The Kier molecular flexibility index (Phi) is 5.27. The summed E-state index contributed by atoms with van der Waals surface area (Å²) in [5, 5.41) is 3.25. The zero-order valence-electron chi connectivity index (χ0n) is 11.6. The van der Waals surface area contributed by atoms with Crippen LogP contribution in [0.3, 0.4) is 0 Å². The van der Waals surface area contributed by atoms with Gasteiger partial charge in [0, 0.05) is 49.7 Å². The highest BCUT2D eigenvalue weighted by Gasteiger charge is 2.10. The van der Waals surface area contributed by atoms with E-state index in [2.05, 4.69) is 20.2 Å². The van der Waals surface area contributed by atoms with Crippen molar-refractivity contribution in [3.05, 3.63) is 22.2 Å². The molecule has 1 aromatic heterocycles. The largest absolute Gasteiger partial charge is 0.369 e. The third kappa shape index (κ3) is 4.54. The van der Waals surface area contributed by atoms with Gasteiger partial charge < -0.3 is 10.3 Å². The van der Waals surface area contributed by atoms with Gasteiger partial charge in [-0.25, -0.2) is 4.98 Å². The molecule has 0 saturated carbocycles. The van der Waals surface area contributed by atoms with Crippen molar-refractivity contribution in [2.45, 2.75) is 19.8 Å². The number of hydrogen-bond acceptors (Lipinski definition) is 5. The van der Waals surface area contributed by atoms with Gasteiger partial charge in [0.2, 0.25) is 0 Å². The monoisotopic (exact) mass is 282 g/mol. The SMILES string of the molecule is CC(C)c1nc(NCCN2CCSCC2)cc(=O)[nH]1. The molecule has 19 heavy (non-hydrogen) atoms. The molecule has 6 heteroatoms. The van der Waals surface area contributed by atoms with Crippen LogP contribution in [0, 0.1) is 0 Å². The van der Waals surface area contributed by atoms with E-state index in [9.17, 15) is 4.79 Å². The maximum Gasteiger partial charge on any atom is 0.252 e. The Hall–Kier alpha value is -1.01. The quantitative estimate of drug-likeness (QED) is 0.854. The average molecular weight is 282 g/mol. The summed E-state index contributed by atoms with van der Waals surface area (Å²) in [5.74, 6) is 4.10. The van der Waals surface area contributed by atoms with Gasteiger partial charge in [0.05, 0.1) is 0 Å². The van der Waals surface area contributed by atoms with E-state index in [0.717, 1.165) is 32.0 Å². The smallest absolute Gasteiger partial charge is 0.252 e. The van der Waals surface area contributed by atoms with Crippen LogP contribution in [0.25, 0.3) is 0 Å². The second-order valence-corrected chi connectivity index (χ2v) is 6.28. The lowest BCUT2D eigenvalue weighted by Gasteiger charge is -2.26. The normalized spacial score (nSPS) is 16.8. The summed E-state index contributed by atoms with van der Waals surface area (Å²) < 4.78 is 0. The van der Waals surface area contributed by atoms with Gasteiger partial charge >= 0.3 is 0 Å². The van der Waals surface area contributed by atoms with Crippen LogP contribution < -0.4 is 10.9 Å². The minimum atomic E-state index is -0.0874. The molecule has 2 heterocycles. The topological polar surface area (TPSA) is 61.0 Å². The van der Waals surface area contributed by atoms with Gasteiger partial charge in [-0.1, -0.05) is 13.8 Å². The molecule has 0 amide bonds. The zero-order chi connectivity index (χ0) is 13.7. The number of anilines is 1. The van der Waals surface area contributed by atoms with E-state index < -0.39 is 0 Å². The fourth-order valence-corrected chi connectivity index (χ4v) is 2.99. The molecule has 0 aromatic carbocycles. The molecular formula is C13H22N4OS. The van der Waals surface area contributed by atoms with Crippen molar-refractivity contribution in [1.82, 2.24) is 14.9 Å². The third-order valence-electron chi connectivity index (χ3n) is 3.14. The lowest BCUT2D eigenvalue weighted by molar-refractivity contribution is 0.314. The van der Waals surface area contributed by atoms with E-state index in [1.54, 1.807) is 0 Å². The van der Waals surface area contributed by atoms with Crippen molar-refractivity contribution in [3.63, 3.8) is 0 Å². The summed E-state index contributed by atoms with van der Waals surface area (Å²) in [6, 6.07) is 1.53. The van der Waals surface area contributed by atoms with Crippen LogP contribution in [0.5, 0.6) is 0 Å². The minimum Gasteiger partial charge on any atom is -0.369 e. The highest BCUT2D eigenvalue weighted by Crippen LogP contribution is 2.10. The van der Waals surface area contributed by atoms with Gasteiger partial charge in [0.1, 0.15) is 11.6 Å². The minimum absolute atomic E-state index is 0.0874. The Morgan fingerprint density at radius 1 is 1.47 bits per heavy atom. The number of hydrogen-bond donors (Lipinski definition) is 2. The van der Waals surface area contributed by atoms with Crippen molar-refractivity contribution < 1.29 is 0 Å². The van der Waals surface area contributed by atoms with E-state index >= 15 is 0 Å². The van der Waals surface area contributed by atoms with E-state index in [-0.39, 0.29) is 11.5 Å². The number of aromatic amines is 1. The fraction of sp³-hybridized carbons (Fsp3) is 0.692. The molecule has 0 aliphatic carbocycles. The number of thioether (sulfide) groups is 1. The first kappa shape index (κ1) is 14.4. The summed E-state index contributed by atoms with van der Waals surface area (Å²) in [5.41, 5.74) is -0.0874. The second kappa shape index (κ2) is 6.96. The number of rotatable bonds is 5. The third-order valence-corrected chi connectivity index (χ3v) is 4.09. The van der Waals surface area contributed by atoms with E-state index in [0.29, 0.717) is 5.82 Å². The van der Waals surface area contributed by atoms with Crippen molar-refractivity contribution in [2.24, 2.45) is 0 Å². The molecule has 0 atom stereocenters. The number of H-pyrrole nitrogens is 1. The molecule has 1 aromatic rings. The van der Waals surface area contributed by atoms with Crippen LogP contribution >= 0.6 is 11.8 Å². The molecule has 5 nitrogen and oxygen atoms in total. The van der Waals surface area contributed by atoms with E-state index in [4.69, 9.17) is 0 Å². The first-order valence-electron chi connectivity index (χ1n) is 6.80. The summed E-state index contributed by atoms with van der Waals surface area (Å²) in [7, 11) is 0. The Morgan fingerprint density at radius 3 is 2.89 bits per heavy atom. The molecule has 0 bridgehead atoms. The van der Waals surface area contributed by atoms with Crippen molar-refractivity contribution >= 4 is 17.6 Å². The number of nitrogens with zero attached hydrogens (tertiary/aromatic N) is 2. The molecule has 1 fully saturated rings. The first-order valence-corrected chi connectivity index (χ1v) is 7.96. The van der Waals surface area contributed by atoms with Gasteiger partial charge in [-0.2, -0.15) is 11.8 Å². The predicted octanol–water partition coefficient (Wildman–Crippen LogP) is 1.35. The maximum absolute atomic E-state index is 11.5. The Labute approximate surface area is 118 Å².